The molecule has 0 aromatic carbocycles. The predicted octanol–water partition coefficient (Wildman–Crippen LogP) is 3.83. The standard InChI is InChI=1S/C13H18BrClN2/c14-11-5-6-12(16-9-11)10-17(8-7-15)13-3-1-2-4-13/h5-6,9,13H,1-4,7-8,10H2. The zero-order chi connectivity index (χ0) is 12.1. The van der Waals surface area contributed by atoms with Crippen LogP contribution in [0.4, 0.5) is 0 Å². The highest BCUT2D eigenvalue weighted by Gasteiger charge is 2.22. The molecule has 0 radical (unpaired) electrons. The molecule has 1 aliphatic carbocycles. The van der Waals surface area contributed by atoms with Crippen LogP contribution in [-0.4, -0.2) is 28.4 Å². The van der Waals surface area contributed by atoms with Gasteiger partial charge in [0.1, 0.15) is 0 Å². The summed E-state index contributed by atoms with van der Waals surface area (Å²) in [5.41, 5.74) is 1.13. The molecule has 1 aromatic heterocycles. The van der Waals surface area contributed by atoms with E-state index in [0.29, 0.717) is 11.9 Å². The van der Waals surface area contributed by atoms with Crippen LogP contribution in [0.15, 0.2) is 22.8 Å². The zero-order valence-electron chi connectivity index (χ0n) is 9.91. The monoisotopic (exact) mass is 316 g/mol. The summed E-state index contributed by atoms with van der Waals surface area (Å²) in [5.74, 6) is 0.701. The van der Waals surface area contributed by atoms with Gasteiger partial charge >= 0.3 is 0 Å². The Labute approximate surface area is 116 Å². The van der Waals surface area contributed by atoms with Crippen molar-refractivity contribution in [3.05, 3.63) is 28.5 Å². The fourth-order valence-electron chi connectivity index (χ4n) is 2.48. The van der Waals surface area contributed by atoms with E-state index in [1.807, 2.05) is 6.20 Å². The summed E-state index contributed by atoms with van der Waals surface area (Å²) in [6.45, 7) is 1.88. The van der Waals surface area contributed by atoms with Crippen molar-refractivity contribution in [2.45, 2.75) is 38.3 Å². The lowest BCUT2D eigenvalue weighted by atomic mass is 10.2. The van der Waals surface area contributed by atoms with E-state index >= 15 is 0 Å². The van der Waals surface area contributed by atoms with Crippen LogP contribution >= 0.6 is 27.5 Å². The molecule has 2 rings (SSSR count). The Morgan fingerprint density at radius 2 is 2.12 bits per heavy atom. The van der Waals surface area contributed by atoms with Gasteiger partial charge in [0.05, 0.1) is 5.69 Å². The van der Waals surface area contributed by atoms with Crippen LogP contribution in [0.1, 0.15) is 31.4 Å². The van der Waals surface area contributed by atoms with Gasteiger partial charge in [-0.3, -0.25) is 9.88 Å². The third kappa shape index (κ3) is 3.94. The summed E-state index contributed by atoms with van der Waals surface area (Å²) < 4.78 is 1.03. The number of aromatic nitrogens is 1. The van der Waals surface area contributed by atoms with Gasteiger partial charge in [0.15, 0.2) is 0 Å². The Hall–Kier alpha value is -0.120. The Morgan fingerprint density at radius 1 is 1.35 bits per heavy atom. The molecule has 1 aromatic rings. The van der Waals surface area contributed by atoms with E-state index in [9.17, 15) is 0 Å². The fraction of sp³-hybridized carbons (Fsp3) is 0.615. The first-order valence-corrected chi connectivity index (χ1v) is 7.53. The van der Waals surface area contributed by atoms with Gasteiger partial charge in [-0.05, 0) is 40.9 Å². The van der Waals surface area contributed by atoms with Crippen molar-refractivity contribution in [1.82, 2.24) is 9.88 Å². The first kappa shape index (κ1) is 13.3. The summed E-state index contributed by atoms with van der Waals surface area (Å²) in [6.07, 6.45) is 7.21. The molecule has 0 N–H and O–H groups in total. The highest BCUT2D eigenvalue weighted by Crippen LogP contribution is 2.24. The number of pyridine rings is 1. The van der Waals surface area contributed by atoms with Crippen molar-refractivity contribution in [3.8, 4) is 0 Å². The van der Waals surface area contributed by atoms with Crippen LogP contribution in [0.2, 0.25) is 0 Å². The van der Waals surface area contributed by atoms with Gasteiger partial charge in [-0.1, -0.05) is 12.8 Å². The van der Waals surface area contributed by atoms with Crippen LogP contribution in [0.5, 0.6) is 0 Å². The van der Waals surface area contributed by atoms with E-state index in [2.05, 4.69) is 37.9 Å². The maximum Gasteiger partial charge on any atom is 0.0544 e. The largest absolute Gasteiger partial charge is 0.293 e. The molecule has 1 fully saturated rings. The van der Waals surface area contributed by atoms with E-state index in [0.717, 1.165) is 23.3 Å². The normalized spacial score (nSPS) is 16.9. The Morgan fingerprint density at radius 3 is 2.71 bits per heavy atom. The summed E-state index contributed by atoms with van der Waals surface area (Å²) in [7, 11) is 0. The maximum absolute atomic E-state index is 5.90. The van der Waals surface area contributed by atoms with Crippen LogP contribution < -0.4 is 0 Å². The zero-order valence-corrected chi connectivity index (χ0v) is 12.3. The van der Waals surface area contributed by atoms with E-state index in [4.69, 9.17) is 11.6 Å². The Balaban J connectivity index is 1.98. The predicted molar refractivity (Wildman–Crippen MR) is 75.3 cm³/mol. The Kier molecular flexibility index (Phi) is 5.26. The third-order valence-electron chi connectivity index (χ3n) is 3.37. The number of alkyl halides is 1. The smallest absolute Gasteiger partial charge is 0.0544 e. The lowest BCUT2D eigenvalue weighted by Gasteiger charge is -2.27. The Bertz CT molecular complexity index is 336. The molecule has 17 heavy (non-hydrogen) atoms. The van der Waals surface area contributed by atoms with Gasteiger partial charge in [-0.2, -0.15) is 0 Å². The molecule has 0 spiro atoms. The number of rotatable bonds is 5. The first-order chi connectivity index (χ1) is 8.29. The molecule has 0 aliphatic heterocycles. The molecule has 4 heteroatoms. The highest BCUT2D eigenvalue weighted by atomic mass is 79.9. The average molecular weight is 318 g/mol. The van der Waals surface area contributed by atoms with Crippen LogP contribution in [0.25, 0.3) is 0 Å². The summed E-state index contributed by atoms with van der Waals surface area (Å²) in [6, 6.07) is 4.84. The number of hydrogen-bond acceptors (Lipinski definition) is 2. The molecule has 0 atom stereocenters. The maximum atomic E-state index is 5.90. The molecular weight excluding hydrogens is 300 g/mol. The minimum absolute atomic E-state index is 0.701. The van der Waals surface area contributed by atoms with E-state index < -0.39 is 0 Å². The molecule has 1 aliphatic rings. The number of halogens is 2. The van der Waals surface area contributed by atoms with Gasteiger partial charge in [0.2, 0.25) is 0 Å². The molecule has 0 amide bonds. The van der Waals surface area contributed by atoms with Gasteiger partial charge in [0.25, 0.3) is 0 Å². The minimum Gasteiger partial charge on any atom is -0.293 e. The second-order valence-corrected chi connectivity index (χ2v) is 5.86. The van der Waals surface area contributed by atoms with Gasteiger partial charge in [-0.15, -0.1) is 11.6 Å². The molecule has 0 saturated heterocycles. The summed E-state index contributed by atoms with van der Waals surface area (Å²) in [5, 5.41) is 0. The van der Waals surface area contributed by atoms with E-state index in [1.54, 1.807) is 0 Å². The topological polar surface area (TPSA) is 16.1 Å². The lowest BCUT2D eigenvalue weighted by molar-refractivity contribution is 0.199. The van der Waals surface area contributed by atoms with Crippen molar-refractivity contribution in [1.29, 1.82) is 0 Å². The van der Waals surface area contributed by atoms with Crippen molar-refractivity contribution in [3.63, 3.8) is 0 Å². The van der Waals surface area contributed by atoms with E-state index in [1.165, 1.54) is 25.7 Å². The second kappa shape index (κ2) is 6.72. The molecule has 94 valence electrons. The lowest BCUT2D eigenvalue weighted by Crippen LogP contribution is -2.34. The van der Waals surface area contributed by atoms with Gasteiger partial charge in [0, 0.05) is 35.7 Å². The quantitative estimate of drug-likeness (QED) is 0.767. The second-order valence-electron chi connectivity index (χ2n) is 4.57. The highest BCUT2D eigenvalue weighted by molar-refractivity contribution is 9.10. The molecule has 1 heterocycles. The number of hydrogen-bond donors (Lipinski definition) is 0. The summed E-state index contributed by atoms with van der Waals surface area (Å²) >= 11 is 9.31. The third-order valence-corrected chi connectivity index (χ3v) is 4.00. The van der Waals surface area contributed by atoms with Crippen molar-refractivity contribution < 1.29 is 0 Å². The van der Waals surface area contributed by atoms with Crippen LogP contribution in [0.3, 0.4) is 0 Å². The fourth-order valence-corrected chi connectivity index (χ4v) is 2.93. The SMILES string of the molecule is ClCCN(Cc1ccc(Br)cn1)C1CCCC1. The molecule has 2 nitrogen and oxygen atoms in total. The average Bonchev–Trinajstić information content (AvgIpc) is 2.85. The number of nitrogens with zero attached hydrogens (tertiary/aromatic N) is 2. The summed E-state index contributed by atoms with van der Waals surface area (Å²) in [4.78, 5) is 6.92. The first-order valence-electron chi connectivity index (χ1n) is 6.20. The minimum atomic E-state index is 0.701. The van der Waals surface area contributed by atoms with Gasteiger partial charge < -0.3 is 0 Å². The van der Waals surface area contributed by atoms with E-state index in [-0.39, 0.29) is 0 Å². The molecule has 0 bridgehead atoms. The van der Waals surface area contributed by atoms with Crippen LogP contribution in [-0.2, 0) is 6.54 Å². The van der Waals surface area contributed by atoms with Crippen molar-refractivity contribution >= 4 is 27.5 Å². The van der Waals surface area contributed by atoms with Crippen molar-refractivity contribution in [2.24, 2.45) is 0 Å². The van der Waals surface area contributed by atoms with Crippen LogP contribution in [0, 0.1) is 0 Å². The molecule has 0 unspecified atom stereocenters. The van der Waals surface area contributed by atoms with Crippen molar-refractivity contribution in [2.75, 3.05) is 12.4 Å². The van der Waals surface area contributed by atoms with Gasteiger partial charge in [-0.25, -0.2) is 0 Å². The molecule has 1 saturated carbocycles. The molecular formula is C13H18BrClN2.